The standard InChI is InChI=1S/C29H50O5/c1-17(2)19(26(31)29(32,33)34)10-9-18(3)21-11-12-22-20-16-25(30)24-8-6-7-14-27(24,4)23(20)13-15-28(21,22)5/h17-24,26,31-34H,6-16H2,1-5H3/t18-,19-,20+,21-,22+,23+,24?,26?,27-,28-/m1/s1. The summed E-state index contributed by atoms with van der Waals surface area (Å²) in [6, 6.07) is 0. The van der Waals surface area contributed by atoms with E-state index >= 15 is 0 Å². The van der Waals surface area contributed by atoms with Crippen LogP contribution in [0.3, 0.4) is 0 Å². The van der Waals surface area contributed by atoms with Crippen LogP contribution in [0.5, 0.6) is 0 Å². The third kappa shape index (κ3) is 4.41. The Morgan fingerprint density at radius 3 is 2.24 bits per heavy atom. The highest BCUT2D eigenvalue weighted by Gasteiger charge is 2.61. The van der Waals surface area contributed by atoms with Gasteiger partial charge in [-0.15, -0.1) is 0 Å². The van der Waals surface area contributed by atoms with Crippen LogP contribution in [0.1, 0.15) is 105 Å². The Morgan fingerprint density at radius 2 is 1.59 bits per heavy atom. The molecule has 0 bridgehead atoms. The molecule has 0 saturated heterocycles. The highest BCUT2D eigenvalue weighted by atomic mass is 16.7. The normalized spacial score (nSPS) is 43.1. The van der Waals surface area contributed by atoms with Crippen LogP contribution in [0.25, 0.3) is 0 Å². The first-order valence-corrected chi connectivity index (χ1v) is 14.2. The lowest BCUT2D eigenvalue weighted by atomic mass is 9.44. The zero-order valence-corrected chi connectivity index (χ0v) is 22.2. The van der Waals surface area contributed by atoms with Crippen LogP contribution < -0.4 is 0 Å². The molecule has 5 nitrogen and oxygen atoms in total. The number of ketones is 1. The molecule has 4 saturated carbocycles. The largest absolute Gasteiger partial charge is 0.384 e. The predicted molar refractivity (Wildman–Crippen MR) is 132 cm³/mol. The zero-order valence-electron chi connectivity index (χ0n) is 22.2. The third-order valence-corrected chi connectivity index (χ3v) is 11.7. The molecule has 4 aliphatic rings. The van der Waals surface area contributed by atoms with Crippen LogP contribution >= 0.6 is 0 Å². The van der Waals surface area contributed by atoms with Crippen LogP contribution in [-0.4, -0.2) is 38.3 Å². The fraction of sp³-hybridized carbons (Fsp3) is 0.966. The van der Waals surface area contributed by atoms with Crippen LogP contribution in [0.4, 0.5) is 0 Å². The van der Waals surface area contributed by atoms with Gasteiger partial charge in [-0.05, 0) is 97.2 Å². The van der Waals surface area contributed by atoms with Crippen molar-refractivity contribution in [3.05, 3.63) is 0 Å². The Hall–Kier alpha value is -0.490. The molecule has 10 atom stereocenters. The Bertz CT molecular complexity index is 743. The van der Waals surface area contributed by atoms with Crippen molar-refractivity contribution in [2.45, 2.75) is 117 Å². The first-order valence-electron chi connectivity index (χ1n) is 14.2. The molecule has 0 radical (unpaired) electrons. The summed E-state index contributed by atoms with van der Waals surface area (Å²) in [5, 5.41) is 39.0. The molecular weight excluding hydrogens is 428 g/mol. The number of carbonyl (C=O) groups excluding carboxylic acids is 1. The van der Waals surface area contributed by atoms with Gasteiger partial charge >= 0.3 is 5.97 Å². The van der Waals surface area contributed by atoms with E-state index in [1.54, 1.807) is 0 Å². The second-order valence-corrected chi connectivity index (χ2v) is 13.7. The first-order chi connectivity index (χ1) is 15.8. The maximum absolute atomic E-state index is 13.3. The van der Waals surface area contributed by atoms with Gasteiger partial charge in [0.25, 0.3) is 0 Å². The second kappa shape index (κ2) is 9.43. The number of Topliss-reactive ketones (excluding diaryl/α,β-unsaturated/α-hetero) is 1. The van der Waals surface area contributed by atoms with Gasteiger partial charge in [0.05, 0.1) is 0 Å². The molecule has 4 fully saturated rings. The maximum Gasteiger partial charge on any atom is 0.303 e. The number of aliphatic hydroxyl groups excluding tert-OH is 1. The molecule has 196 valence electrons. The minimum atomic E-state index is -3.05. The Balaban J connectivity index is 1.46. The summed E-state index contributed by atoms with van der Waals surface area (Å²) < 4.78 is 0. The highest BCUT2D eigenvalue weighted by molar-refractivity contribution is 5.83. The van der Waals surface area contributed by atoms with Gasteiger partial charge in [-0.3, -0.25) is 4.79 Å². The van der Waals surface area contributed by atoms with Crippen molar-refractivity contribution in [1.82, 2.24) is 0 Å². The fourth-order valence-electron chi connectivity index (χ4n) is 9.87. The van der Waals surface area contributed by atoms with Gasteiger partial charge in [-0.25, -0.2) is 0 Å². The van der Waals surface area contributed by atoms with Gasteiger partial charge in [0, 0.05) is 12.3 Å². The van der Waals surface area contributed by atoms with Crippen molar-refractivity contribution >= 4 is 5.78 Å². The van der Waals surface area contributed by atoms with E-state index in [-0.39, 0.29) is 22.7 Å². The average Bonchev–Trinajstić information content (AvgIpc) is 3.10. The van der Waals surface area contributed by atoms with Crippen molar-refractivity contribution in [3.63, 3.8) is 0 Å². The minimum absolute atomic E-state index is 0.0350. The lowest BCUT2D eigenvalue weighted by Crippen LogP contribution is -2.56. The molecular formula is C29H50O5. The number of aliphatic hydroxyl groups is 4. The number of rotatable bonds is 7. The number of fused-ring (bicyclic) bond motifs is 5. The molecule has 0 aromatic rings. The average molecular weight is 479 g/mol. The fourth-order valence-corrected chi connectivity index (χ4v) is 9.87. The summed E-state index contributed by atoms with van der Waals surface area (Å²) in [4.78, 5) is 13.3. The van der Waals surface area contributed by atoms with E-state index in [0.717, 1.165) is 19.3 Å². The second-order valence-electron chi connectivity index (χ2n) is 13.7. The SMILES string of the molecule is CC(C)[C@@H](CC[C@@H](C)[C@H]1CC[C@H]2[C@@H]3CC(=O)C4CCCC[C@]4(C)[C@H]3CC[C@]12C)C(O)C(O)(O)O. The quantitative estimate of drug-likeness (QED) is 0.390. The zero-order chi connectivity index (χ0) is 25.1. The smallest absolute Gasteiger partial charge is 0.303 e. The van der Waals surface area contributed by atoms with Crippen molar-refractivity contribution in [1.29, 1.82) is 0 Å². The number of hydrogen-bond donors (Lipinski definition) is 4. The van der Waals surface area contributed by atoms with Crippen LogP contribution in [0, 0.1) is 58.2 Å². The topological polar surface area (TPSA) is 98.0 Å². The van der Waals surface area contributed by atoms with Gasteiger partial charge < -0.3 is 20.4 Å². The summed E-state index contributed by atoms with van der Waals surface area (Å²) >= 11 is 0. The molecule has 2 unspecified atom stereocenters. The molecule has 0 heterocycles. The van der Waals surface area contributed by atoms with Gasteiger partial charge in [-0.1, -0.05) is 53.9 Å². The third-order valence-electron chi connectivity index (χ3n) is 11.7. The summed E-state index contributed by atoms with van der Waals surface area (Å²) in [7, 11) is 0. The van der Waals surface area contributed by atoms with Gasteiger partial charge in [-0.2, -0.15) is 0 Å². The molecule has 0 aliphatic heterocycles. The lowest BCUT2D eigenvalue weighted by molar-refractivity contribution is -0.365. The molecule has 4 N–H and O–H groups in total. The molecule has 4 aliphatic carbocycles. The molecule has 0 aromatic carbocycles. The molecule has 0 spiro atoms. The van der Waals surface area contributed by atoms with Gasteiger partial charge in [0.2, 0.25) is 0 Å². The van der Waals surface area contributed by atoms with Crippen molar-refractivity contribution < 1.29 is 25.2 Å². The minimum Gasteiger partial charge on any atom is -0.384 e. The van der Waals surface area contributed by atoms with E-state index in [0.29, 0.717) is 47.7 Å². The molecule has 5 heteroatoms. The van der Waals surface area contributed by atoms with Crippen molar-refractivity contribution in [2.75, 3.05) is 0 Å². The van der Waals surface area contributed by atoms with Crippen LogP contribution in [0.15, 0.2) is 0 Å². The van der Waals surface area contributed by atoms with E-state index in [9.17, 15) is 25.2 Å². The van der Waals surface area contributed by atoms with E-state index in [4.69, 9.17) is 0 Å². The summed E-state index contributed by atoms with van der Waals surface area (Å²) in [6.45, 7) is 11.2. The Kier molecular flexibility index (Phi) is 7.37. The van der Waals surface area contributed by atoms with Crippen LogP contribution in [0.2, 0.25) is 0 Å². The summed E-state index contributed by atoms with van der Waals surface area (Å²) in [6.07, 6.45) is 10.6. The highest BCUT2D eigenvalue weighted by Crippen LogP contribution is 2.67. The van der Waals surface area contributed by atoms with E-state index in [1.807, 2.05) is 13.8 Å². The van der Waals surface area contributed by atoms with E-state index in [1.165, 1.54) is 44.9 Å². The van der Waals surface area contributed by atoms with Crippen molar-refractivity contribution in [2.24, 2.45) is 58.2 Å². The molecule has 0 aromatic heterocycles. The van der Waals surface area contributed by atoms with Gasteiger partial charge in [0.1, 0.15) is 11.9 Å². The predicted octanol–water partition coefficient (Wildman–Crippen LogP) is 4.89. The summed E-state index contributed by atoms with van der Waals surface area (Å²) in [5.41, 5.74) is 0.481. The molecule has 4 rings (SSSR count). The summed E-state index contributed by atoms with van der Waals surface area (Å²) in [5.74, 6) is 0.408. The monoisotopic (exact) mass is 478 g/mol. The molecule has 0 amide bonds. The number of carbonyl (C=O) groups is 1. The van der Waals surface area contributed by atoms with E-state index in [2.05, 4.69) is 20.8 Å². The number of hydrogen-bond acceptors (Lipinski definition) is 5. The Morgan fingerprint density at radius 1 is 0.912 bits per heavy atom. The van der Waals surface area contributed by atoms with E-state index < -0.39 is 12.1 Å². The van der Waals surface area contributed by atoms with Crippen LogP contribution in [-0.2, 0) is 4.79 Å². The Labute approximate surface area is 206 Å². The maximum atomic E-state index is 13.3. The molecule has 34 heavy (non-hydrogen) atoms. The first kappa shape index (κ1) is 26.6. The van der Waals surface area contributed by atoms with Crippen molar-refractivity contribution in [3.8, 4) is 0 Å². The van der Waals surface area contributed by atoms with Gasteiger partial charge in [0.15, 0.2) is 0 Å². The lowest BCUT2D eigenvalue weighted by Gasteiger charge is -2.60.